The van der Waals surface area contributed by atoms with Crippen molar-refractivity contribution < 1.29 is 14.0 Å². The maximum atomic E-state index is 13.2. The summed E-state index contributed by atoms with van der Waals surface area (Å²) in [5, 5.41) is -0.153. The number of piperazine rings is 1. The van der Waals surface area contributed by atoms with Crippen LogP contribution in [0.5, 0.6) is 0 Å². The van der Waals surface area contributed by atoms with Gasteiger partial charge in [0.1, 0.15) is 10.8 Å². The van der Waals surface area contributed by atoms with E-state index in [9.17, 15) is 14.0 Å². The number of hydrogen-bond donors (Lipinski definition) is 0. The molecule has 7 heteroatoms. The Hall–Kier alpha value is -2.70. The van der Waals surface area contributed by atoms with Gasteiger partial charge >= 0.3 is 0 Å². The number of carbonyl (C=O) groups is 2. The molecule has 0 aliphatic carbocycles. The molecule has 0 radical (unpaired) electrons. The Morgan fingerprint density at radius 1 is 0.821 bits per heavy atom. The average molecular weight is 400 g/mol. The van der Waals surface area contributed by atoms with Crippen molar-refractivity contribution in [2.24, 2.45) is 0 Å². The van der Waals surface area contributed by atoms with E-state index in [4.69, 9.17) is 11.6 Å². The third kappa shape index (κ3) is 3.30. The van der Waals surface area contributed by atoms with Gasteiger partial charge in [-0.1, -0.05) is 23.7 Å². The summed E-state index contributed by atoms with van der Waals surface area (Å²) >= 11 is 6.17. The number of likely N-dealkylation sites (N-methyl/N-ethyl adjacent to an activating group) is 1. The predicted octanol–water partition coefficient (Wildman–Crippen LogP) is 3.10. The van der Waals surface area contributed by atoms with Gasteiger partial charge in [0.2, 0.25) is 0 Å². The van der Waals surface area contributed by atoms with E-state index in [0.29, 0.717) is 11.3 Å². The highest BCUT2D eigenvalue weighted by molar-refractivity contribution is 6.60. The van der Waals surface area contributed by atoms with Crippen molar-refractivity contribution in [1.82, 2.24) is 4.90 Å². The highest BCUT2D eigenvalue weighted by atomic mass is 35.5. The average Bonchev–Trinajstić information content (AvgIpc) is 2.92. The van der Waals surface area contributed by atoms with E-state index in [1.54, 1.807) is 12.1 Å². The molecule has 0 aromatic heterocycles. The lowest BCUT2D eigenvalue weighted by atomic mass is 10.1. The molecule has 2 amide bonds. The lowest BCUT2D eigenvalue weighted by Crippen LogP contribution is -2.44. The topological polar surface area (TPSA) is 43.9 Å². The molecule has 0 unspecified atom stereocenters. The molecule has 2 aliphatic rings. The highest BCUT2D eigenvalue weighted by Crippen LogP contribution is 2.35. The normalized spacial score (nSPS) is 18.4. The second-order valence-corrected chi connectivity index (χ2v) is 7.33. The molecule has 0 N–H and O–H groups in total. The summed E-state index contributed by atoms with van der Waals surface area (Å²) in [6, 6.07) is 12.7. The number of nitrogens with zero attached hydrogens (tertiary/aromatic N) is 3. The molecule has 0 bridgehead atoms. The third-order valence-electron chi connectivity index (χ3n) is 5.14. The first-order chi connectivity index (χ1) is 13.5. The SMILES string of the molecule is CN1CCN(c2ccc(N3C(=O)C(Cl)=C(c4ccc(F)cc4)C3=O)cc2)CC1. The number of imide groups is 1. The number of anilines is 2. The Morgan fingerprint density at radius 3 is 2.00 bits per heavy atom. The molecule has 4 rings (SSSR count). The highest BCUT2D eigenvalue weighted by Gasteiger charge is 2.39. The van der Waals surface area contributed by atoms with Crippen LogP contribution in [0.3, 0.4) is 0 Å². The zero-order chi connectivity index (χ0) is 19.8. The first kappa shape index (κ1) is 18.7. The summed E-state index contributed by atoms with van der Waals surface area (Å²) in [4.78, 5) is 31.1. The number of benzene rings is 2. The minimum Gasteiger partial charge on any atom is -0.369 e. The summed E-state index contributed by atoms with van der Waals surface area (Å²) in [5.41, 5.74) is 2.02. The van der Waals surface area contributed by atoms with Crippen molar-refractivity contribution in [2.45, 2.75) is 0 Å². The number of hydrogen-bond acceptors (Lipinski definition) is 4. The Balaban J connectivity index is 1.57. The molecule has 1 fully saturated rings. The molecule has 2 aliphatic heterocycles. The monoisotopic (exact) mass is 399 g/mol. The quantitative estimate of drug-likeness (QED) is 0.744. The first-order valence-electron chi connectivity index (χ1n) is 9.04. The van der Waals surface area contributed by atoms with Gasteiger partial charge in [0.25, 0.3) is 11.8 Å². The molecular formula is C21H19ClFN3O2. The van der Waals surface area contributed by atoms with Crippen LogP contribution in [0.1, 0.15) is 5.56 Å². The van der Waals surface area contributed by atoms with Gasteiger partial charge in [-0.15, -0.1) is 0 Å². The van der Waals surface area contributed by atoms with Gasteiger partial charge in [-0.2, -0.15) is 0 Å². The fraction of sp³-hybridized carbons (Fsp3) is 0.238. The summed E-state index contributed by atoms with van der Waals surface area (Å²) in [6.07, 6.45) is 0. The van der Waals surface area contributed by atoms with E-state index in [1.165, 1.54) is 24.3 Å². The van der Waals surface area contributed by atoms with Gasteiger partial charge in [0.05, 0.1) is 11.3 Å². The smallest absolute Gasteiger partial charge is 0.277 e. The maximum Gasteiger partial charge on any atom is 0.277 e. The molecule has 2 heterocycles. The van der Waals surface area contributed by atoms with Crippen molar-refractivity contribution >= 4 is 40.4 Å². The second kappa shape index (κ2) is 7.37. The van der Waals surface area contributed by atoms with Gasteiger partial charge < -0.3 is 9.80 Å². The Morgan fingerprint density at radius 2 is 1.39 bits per heavy atom. The van der Waals surface area contributed by atoms with Crippen molar-refractivity contribution in [1.29, 1.82) is 0 Å². The Bertz CT molecular complexity index is 949. The van der Waals surface area contributed by atoms with Crippen molar-refractivity contribution in [2.75, 3.05) is 43.0 Å². The second-order valence-electron chi connectivity index (χ2n) is 6.95. The van der Waals surface area contributed by atoms with Gasteiger partial charge in [-0.25, -0.2) is 9.29 Å². The lowest BCUT2D eigenvalue weighted by molar-refractivity contribution is -0.119. The van der Waals surface area contributed by atoms with E-state index in [2.05, 4.69) is 16.8 Å². The zero-order valence-electron chi connectivity index (χ0n) is 15.4. The molecule has 2 aromatic rings. The molecule has 0 saturated carbocycles. The van der Waals surface area contributed by atoms with Crippen LogP contribution in [-0.4, -0.2) is 49.9 Å². The van der Waals surface area contributed by atoms with Crippen LogP contribution < -0.4 is 9.80 Å². The van der Waals surface area contributed by atoms with Gasteiger partial charge in [-0.3, -0.25) is 9.59 Å². The van der Waals surface area contributed by atoms with Crippen LogP contribution in [0.4, 0.5) is 15.8 Å². The number of halogens is 2. The zero-order valence-corrected chi connectivity index (χ0v) is 16.1. The Kier molecular flexibility index (Phi) is 4.91. The molecule has 28 heavy (non-hydrogen) atoms. The van der Waals surface area contributed by atoms with Gasteiger partial charge in [0.15, 0.2) is 0 Å². The van der Waals surface area contributed by atoms with Gasteiger partial charge in [-0.05, 0) is 49.0 Å². The summed E-state index contributed by atoms with van der Waals surface area (Å²) in [7, 11) is 2.10. The van der Waals surface area contributed by atoms with Crippen LogP contribution >= 0.6 is 11.6 Å². The summed E-state index contributed by atoms with van der Waals surface area (Å²) < 4.78 is 13.2. The predicted molar refractivity (Wildman–Crippen MR) is 108 cm³/mol. The van der Waals surface area contributed by atoms with E-state index in [-0.39, 0.29) is 10.6 Å². The lowest BCUT2D eigenvalue weighted by Gasteiger charge is -2.34. The van der Waals surface area contributed by atoms with E-state index < -0.39 is 17.6 Å². The molecule has 1 saturated heterocycles. The maximum absolute atomic E-state index is 13.2. The standard InChI is InChI=1S/C21H19ClFN3O2/c1-24-10-12-25(13-11-24)16-6-8-17(9-7-16)26-20(27)18(19(22)21(26)28)14-2-4-15(23)5-3-14/h2-9H,10-13H2,1H3. The summed E-state index contributed by atoms with van der Waals surface area (Å²) in [6.45, 7) is 3.84. The van der Waals surface area contributed by atoms with E-state index >= 15 is 0 Å². The molecule has 0 spiro atoms. The fourth-order valence-corrected chi connectivity index (χ4v) is 3.76. The van der Waals surface area contributed by atoms with Crippen LogP contribution in [0, 0.1) is 5.82 Å². The van der Waals surface area contributed by atoms with Crippen LogP contribution in [0.15, 0.2) is 53.6 Å². The van der Waals surface area contributed by atoms with Crippen molar-refractivity contribution in [3.8, 4) is 0 Å². The minimum absolute atomic E-state index is 0.0924. The number of rotatable bonds is 3. The first-order valence-corrected chi connectivity index (χ1v) is 9.41. The molecule has 2 aromatic carbocycles. The van der Waals surface area contributed by atoms with Crippen molar-refractivity contribution in [3.63, 3.8) is 0 Å². The molecule has 0 atom stereocenters. The van der Waals surface area contributed by atoms with Gasteiger partial charge in [0, 0.05) is 31.9 Å². The van der Waals surface area contributed by atoms with Crippen LogP contribution in [-0.2, 0) is 9.59 Å². The van der Waals surface area contributed by atoms with Crippen LogP contribution in [0.25, 0.3) is 5.57 Å². The largest absolute Gasteiger partial charge is 0.369 e. The number of amides is 2. The van der Waals surface area contributed by atoms with Crippen LogP contribution in [0.2, 0.25) is 0 Å². The third-order valence-corrected chi connectivity index (χ3v) is 5.49. The van der Waals surface area contributed by atoms with E-state index in [0.717, 1.165) is 36.8 Å². The van der Waals surface area contributed by atoms with E-state index in [1.807, 2.05) is 12.1 Å². The summed E-state index contributed by atoms with van der Waals surface area (Å²) in [5.74, 6) is -1.50. The fourth-order valence-electron chi connectivity index (χ4n) is 3.48. The Labute approximate surface area is 167 Å². The number of carbonyl (C=O) groups excluding carboxylic acids is 2. The van der Waals surface area contributed by atoms with Crippen molar-refractivity contribution in [3.05, 3.63) is 64.9 Å². The minimum atomic E-state index is -0.571. The molecule has 144 valence electrons. The molecule has 5 nitrogen and oxygen atoms in total. The molecular weight excluding hydrogens is 381 g/mol.